The van der Waals surface area contributed by atoms with Gasteiger partial charge in [0.2, 0.25) is 5.91 Å². The zero-order chi connectivity index (χ0) is 23.6. The Hall–Kier alpha value is -2.61. The van der Waals surface area contributed by atoms with Gasteiger partial charge in [-0.15, -0.1) is 0 Å². The number of alkyl carbamates (subject to hydrolysis) is 1. The number of amides is 2. The summed E-state index contributed by atoms with van der Waals surface area (Å²) in [5, 5.41) is 5.26. The van der Waals surface area contributed by atoms with Gasteiger partial charge in [0.25, 0.3) is 0 Å². The van der Waals surface area contributed by atoms with Crippen molar-refractivity contribution in [2.45, 2.75) is 78.4 Å². The van der Waals surface area contributed by atoms with E-state index in [1.807, 2.05) is 65.0 Å². The first kappa shape index (κ1) is 26.4. The van der Waals surface area contributed by atoms with Crippen molar-refractivity contribution in [2.75, 3.05) is 7.11 Å². The van der Waals surface area contributed by atoms with Crippen LogP contribution in [0, 0.1) is 5.92 Å². The summed E-state index contributed by atoms with van der Waals surface area (Å²) in [6.07, 6.45) is -1.04. The third kappa shape index (κ3) is 10.3. The van der Waals surface area contributed by atoms with E-state index >= 15 is 0 Å². The Morgan fingerprint density at radius 1 is 1.00 bits per heavy atom. The lowest BCUT2D eigenvalue weighted by Gasteiger charge is -2.31. The fourth-order valence-corrected chi connectivity index (χ4v) is 3.00. The van der Waals surface area contributed by atoms with Crippen LogP contribution in [-0.4, -0.2) is 48.9 Å². The van der Waals surface area contributed by atoms with E-state index < -0.39 is 41.8 Å². The zero-order valence-corrected chi connectivity index (χ0v) is 19.6. The number of carbonyl (C=O) groups is 3. The van der Waals surface area contributed by atoms with E-state index in [-0.39, 0.29) is 12.5 Å². The zero-order valence-electron chi connectivity index (χ0n) is 19.6. The van der Waals surface area contributed by atoms with Crippen molar-refractivity contribution in [1.82, 2.24) is 10.6 Å². The average Bonchev–Trinajstić information content (AvgIpc) is 2.68. The molecule has 0 aliphatic rings. The molecule has 0 radical (unpaired) electrons. The molecule has 0 saturated heterocycles. The normalized spacial score (nSPS) is 14.3. The second-order valence-corrected chi connectivity index (χ2v) is 8.83. The SMILES string of the molecule is COC(=O)[C@H](CC(C)C)NC(=O)[C@@H](NC(=O)OCc1ccccc1)[C@@H](C)OC(C)(C)C. The quantitative estimate of drug-likeness (QED) is 0.546. The van der Waals surface area contributed by atoms with E-state index in [2.05, 4.69) is 10.6 Å². The molecule has 0 unspecified atom stereocenters. The van der Waals surface area contributed by atoms with E-state index in [0.717, 1.165) is 5.56 Å². The van der Waals surface area contributed by atoms with Crippen LogP contribution in [0.4, 0.5) is 4.79 Å². The lowest BCUT2D eigenvalue weighted by Crippen LogP contribution is -2.57. The van der Waals surface area contributed by atoms with E-state index in [9.17, 15) is 14.4 Å². The third-order valence-corrected chi connectivity index (χ3v) is 4.29. The molecule has 8 nitrogen and oxygen atoms in total. The van der Waals surface area contributed by atoms with Crippen LogP contribution in [0.1, 0.15) is 53.5 Å². The molecule has 2 N–H and O–H groups in total. The number of nitrogens with one attached hydrogen (secondary N) is 2. The highest BCUT2D eigenvalue weighted by Crippen LogP contribution is 2.15. The summed E-state index contributed by atoms with van der Waals surface area (Å²) < 4.78 is 15.9. The van der Waals surface area contributed by atoms with Crippen LogP contribution in [0.15, 0.2) is 30.3 Å². The molecule has 31 heavy (non-hydrogen) atoms. The van der Waals surface area contributed by atoms with Crippen LogP contribution in [0.2, 0.25) is 0 Å². The maximum Gasteiger partial charge on any atom is 0.408 e. The maximum absolute atomic E-state index is 13.0. The molecule has 0 bridgehead atoms. The first-order valence-electron chi connectivity index (χ1n) is 10.5. The maximum atomic E-state index is 13.0. The molecule has 0 spiro atoms. The van der Waals surface area contributed by atoms with Gasteiger partial charge >= 0.3 is 12.1 Å². The number of methoxy groups -OCH3 is 1. The van der Waals surface area contributed by atoms with Crippen molar-refractivity contribution < 1.29 is 28.6 Å². The molecular weight excluding hydrogens is 400 g/mol. The molecule has 1 aromatic carbocycles. The van der Waals surface area contributed by atoms with Gasteiger partial charge in [0.05, 0.1) is 18.8 Å². The summed E-state index contributed by atoms with van der Waals surface area (Å²) in [5.74, 6) is -0.948. The molecule has 3 atom stereocenters. The monoisotopic (exact) mass is 436 g/mol. The Bertz CT molecular complexity index is 715. The number of ether oxygens (including phenoxy) is 3. The number of esters is 1. The summed E-state index contributed by atoms with van der Waals surface area (Å²) in [6.45, 7) is 11.2. The highest BCUT2D eigenvalue weighted by Gasteiger charge is 2.34. The number of benzene rings is 1. The van der Waals surface area contributed by atoms with Crippen LogP contribution in [-0.2, 0) is 30.4 Å². The molecule has 0 heterocycles. The molecule has 1 aromatic rings. The van der Waals surface area contributed by atoms with Crippen molar-refractivity contribution >= 4 is 18.0 Å². The number of hydrogen-bond acceptors (Lipinski definition) is 6. The number of rotatable bonds is 10. The molecule has 0 fully saturated rings. The minimum absolute atomic E-state index is 0.0632. The fraction of sp³-hybridized carbons (Fsp3) is 0.609. The van der Waals surface area contributed by atoms with Crippen LogP contribution < -0.4 is 10.6 Å². The van der Waals surface area contributed by atoms with Crippen molar-refractivity contribution in [1.29, 1.82) is 0 Å². The second-order valence-electron chi connectivity index (χ2n) is 8.83. The first-order valence-corrected chi connectivity index (χ1v) is 10.5. The predicted molar refractivity (Wildman–Crippen MR) is 117 cm³/mol. The van der Waals surface area contributed by atoms with Crippen molar-refractivity contribution in [3.63, 3.8) is 0 Å². The van der Waals surface area contributed by atoms with Gasteiger partial charge < -0.3 is 24.8 Å². The Labute approximate surface area is 185 Å². The highest BCUT2D eigenvalue weighted by molar-refractivity contribution is 5.90. The van der Waals surface area contributed by atoms with Crippen molar-refractivity contribution in [3.8, 4) is 0 Å². The van der Waals surface area contributed by atoms with Crippen LogP contribution in [0.3, 0.4) is 0 Å². The largest absolute Gasteiger partial charge is 0.467 e. The van der Waals surface area contributed by atoms with Gasteiger partial charge in [-0.2, -0.15) is 0 Å². The molecule has 174 valence electrons. The first-order chi connectivity index (χ1) is 14.4. The highest BCUT2D eigenvalue weighted by atomic mass is 16.6. The van der Waals surface area contributed by atoms with E-state index in [0.29, 0.717) is 6.42 Å². The van der Waals surface area contributed by atoms with Gasteiger partial charge in [0, 0.05) is 0 Å². The summed E-state index contributed by atoms with van der Waals surface area (Å²) in [4.78, 5) is 37.5. The van der Waals surface area contributed by atoms with E-state index in [4.69, 9.17) is 14.2 Å². The van der Waals surface area contributed by atoms with Gasteiger partial charge in [-0.1, -0.05) is 44.2 Å². The average molecular weight is 437 g/mol. The molecule has 0 aliphatic carbocycles. The molecular formula is C23H36N2O6. The van der Waals surface area contributed by atoms with Gasteiger partial charge in [-0.25, -0.2) is 9.59 Å². The standard InChI is InChI=1S/C23H36N2O6/c1-15(2)13-18(21(27)29-7)24-20(26)19(16(3)31-23(4,5)6)25-22(28)30-14-17-11-9-8-10-12-17/h8-12,15-16,18-19H,13-14H2,1-7H3,(H,24,26)(H,25,28)/t16-,18+,19+/m1/s1. The summed E-state index contributed by atoms with van der Waals surface area (Å²) in [5.41, 5.74) is 0.271. The molecule has 0 aliphatic heterocycles. The third-order valence-electron chi connectivity index (χ3n) is 4.29. The molecule has 1 rings (SSSR count). The molecule has 2 amide bonds. The summed E-state index contributed by atoms with van der Waals surface area (Å²) in [6, 6.07) is 7.31. The molecule has 0 aromatic heterocycles. The topological polar surface area (TPSA) is 103 Å². The van der Waals surface area contributed by atoms with E-state index in [1.54, 1.807) is 6.92 Å². The molecule has 8 heteroatoms. The van der Waals surface area contributed by atoms with Gasteiger partial charge in [-0.05, 0) is 45.6 Å². The summed E-state index contributed by atoms with van der Waals surface area (Å²) in [7, 11) is 1.27. The van der Waals surface area contributed by atoms with Crippen molar-refractivity contribution in [3.05, 3.63) is 35.9 Å². The Balaban J connectivity index is 2.91. The lowest BCUT2D eigenvalue weighted by molar-refractivity contribution is -0.147. The predicted octanol–water partition coefficient (Wildman–Crippen LogP) is 3.19. The van der Waals surface area contributed by atoms with Crippen molar-refractivity contribution in [2.24, 2.45) is 5.92 Å². The Morgan fingerprint density at radius 3 is 2.13 bits per heavy atom. The van der Waals surface area contributed by atoms with Gasteiger partial charge in [-0.3, -0.25) is 4.79 Å². The van der Waals surface area contributed by atoms with Crippen LogP contribution >= 0.6 is 0 Å². The van der Waals surface area contributed by atoms with Gasteiger partial charge in [0.15, 0.2) is 0 Å². The Kier molecular flexibility index (Phi) is 10.5. The Morgan fingerprint density at radius 2 is 1.61 bits per heavy atom. The number of hydrogen-bond donors (Lipinski definition) is 2. The second kappa shape index (κ2) is 12.3. The van der Waals surface area contributed by atoms with Crippen LogP contribution in [0.5, 0.6) is 0 Å². The summed E-state index contributed by atoms with van der Waals surface area (Å²) >= 11 is 0. The number of carbonyl (C=O) groups excluding carboxylic acids is 3. The minimum atomic E-state index is -1.07. The van der Waals surface area contributed by atoms with Crippen LogP contribution in [0.25, 0.3) is 0 Å². The fourth-order valence-electron chi connectivity index (χ4n) is 3.00. The lowest BCUT2D eigenvalue weighted by atomic mass is 10.0. The van der Waals surface area contributed by atoms with E-state index in [1.165, 1.54) is 7.11 Å². The van der Waals surface area contributed by atoms with Gasteiger partial charge in [0.1, 0.15) is 18.7 Å². The minimum Gasteiger partial charge on any atom is -0.467 e. The molecule has 0 saturated carbocycles. The smallest absolute Gasteiger partial charge is 0.408 e.